The van der Waals surface area contributed by atoms with E-state index in [4.69, 9.17) is 0 Å². The van der Waals surface area contributed by atoms with Gasteiger partial charge in [-0.3, -0.25) is 0 Å². The van der Waals surface area contributed by atoms with Crippen LogP contribution in [-0.4, -0.2) is 25.0 Å². The van der Waals surface area contributed by atoms with Crippen molar-refractivity contribution in [3.05, 3.63) is 11.6 Å². The van der Waals surface area contributed by atoms with Crippen LogP contribution in [0.15, 0.2) is 11.6 Å². The third kappa shape index (κ3) is 3.06. The molecule has 1 aliphatic heterocycles. The van der Waals surface area contributed by atoms with Gasteiger partial charge in [-0.05, 0) is 25.8 Å². The summed E-state index contributed by atoms with van der Waals surface area (Å²) in [4.78, 5) is 2.36. The van der Waals surface area contributed by atoms with E-state index in [0.29, 0.717) is 0 Å². The van der Waals surface area contributed by atoms with Gasteiger partial charge in [0, 0.05) is 13.1 Å². The summed E-state index contributed by atoms with van der Waals surface area (Å²) in [6.45, 7) is 6.99. The Hall–Kier alpha value is -0.300. The SMILES string of the molecule is CC(C)CC1=CCN(C)CC1. The second-order valence-electron chi connectivity index (χ2n) is 3.97. The lowest BCUT2D eigenvalue weighted by atomic mass is 9.98. The van der Waals surface area contributed by atoms with Crippen molar-refractivity contribution in [2.75, 3.05) is 20.1 Å². The molecule has 0 atom stereocenters. The van der Waals surface area contributed by atoms with Crippen LogP contribution in [0.1, 0.15) is 26.7 Å². The van der Waals surface area contributed by atoms with Crippen LogP contribution in [0.2, 0.25) is 0 Å². The Kier molecular flexibility index (Phi) is 3.13. The third-order valence-corrected chi connectivity index (χ3v) is 2.18. The molecule has 0 aromatic heterocycles. The highest BCUT2D eigenvalue weighted by Crippen LogP contribution is 2.17. The molecule has 0 aromatic carbocycles. The molecule has 0 saturated heterocycles. The molecule has 1 rings (SSSR count). The van der Waals surface area contributed by atoms with Gasteiger partial charge in [0.15, 0.2) is 0 Å². The first kappa shape index (κ1) is 8.79. The van der Waals surface area contributed by atoms with Crippen LogP contribution >= 0.6 is 0 Å². The smallest absolute Gasteiger partial charge is 0.0162 e. The van der Waals surface area contributed by atoms with Crippen LogP contribution in [0.3, 0.4) is 0 Å². The summed E-state index contributed by atoms with van der Waals surface area (Å²) in [5.74, 6) is 0.824. The molecule has 11 heavy (non-hydrogen) atoms. The minimum absolute atomic E-state index is 0.824. The summed E-state index contributed by atoms with van der Waals surface area (Å²) in [6.07, 6.45) is 4.98. The van der Waals surface area contributed by atoms with Gasteiger partial charge in [0.1, 0.15) is 0 Å². The van der Waals surface area contributed by atoms with E-state index in [1.807, 2.05) is 0 Å². The number of hydrogen-bond donors (Lipinski definition) is 0. The molecule has 64 valence electrons. The fourth-order valence-corrected chi connectivity index (χ4v) is 1.52. The molecule has 1 heterocycles. The average molecular weight is 153 g/mol. The van der Waals surface area contributed by atoms with Crippen molar-refractivity contribution in [3.63, 3.8) is 0 Å². The van der Waals surface area contributed by atoms with Crippen LogP contribution < -0.4 is 0 Å². The van der Waals surface area contributed by atoms with Crippen molar-refractivity contribution in [1.82, 2.24) is 4.90 Å². The molecular formula is C10H19N. The van der Waals surface area contributed by atoms with Crippen molar-refractivity contribution >= 4 is 0 Å². The highest BCUT2D eigenvalue weighted by Gasteiger charge is 2.08. The van der Waals surface area contributed by atoms with Crippen LogP contribution in [0.25, 0.3) is 0 Å². The first-order chi connectivity index (χ1) is 5.18. The maximum Gasteiger partial charge on any atom is 0.0162 e. The monoisotopic (exact) mass is 153 g/mol. The number of hydrogen-bond acceptors (Lipinski definition) is 1. The van der Waals surface area contributed by atoms with Crippen LogP contribution in [0.5, 0.6) is 0 Å². The quantitative estimate of drug-likeness (QED) is 0.550. The van der Waals surface area contributed by atoms with Crippen molar-refractivity contribution in [2.45, 2.75) is 26.7 Å². The molecule has 1 nitrogen and oxygen atoms in total. The first-order valence-electron chi connectivity index (χ1n) is 4.55. The summed E-state index contributed by atoms with van der Waals surface area (Å²) in [5, 5.41) is 0. The van der Waals surface area contributed by atoms with Crippen LogP contribution in [0.4, 0.5) is 0 Å². The third-order valence-electron chi connectivity index (χ3n) is 2.18. The lowest BCUT2D eigenvalue weighted by Gasteiger charge is -2.22. The predicted molar refractivity (Wildman–Crippen MR) is 49.7 cm³/mol. The zero-order valence-electron chi connectivity index (χ0n) is 7.93. The predicted octanol–water partition coefficient (Wildman–Crippen LogP) is 2.29. The van der Waals surface area contributed by atoms with E-state index in [-0.39, 0.29) is 0 Å². The molecule has 1 heteroatoms. The Morgan fingerprint density at radius 3 is 2.73 bits per heavy atom. The van der Waals surface area contributed by atoms with Gasteiger partial charge in [-0.25, -0.2) is 0 Å². The van der Waals surface area contributed by atoms with Gasteiger partial charge >= 0.3 is 0 Å². The second kappa shape index (κ2) is 3.91. The van der Waals surface area contributed by atoms with Gasteiger partial charge in [0.2, 0.25) is 0 Å². The molecule has 0 amide bonds. The molecule has 0 fully saturated rings. The van der Waals surface area contributed by atoms with Gasteiger partial charge in [-0.1, -0.05) is 25.5 Å². The molecule has 0 bridgehead atoms. The average Bonchev–Trinajstić information content (AvgIpc) is 1.93. The molecule has 0 spiro atoms. The Morgan fingerprint density at radius 2 is 2.27 bits per heavy atom. The van der Waals surface area contributed by atoms with Gasteiger partial charge in [-0.15, -0.1) is 0 Å². The number of likely N-dealkylation sites (N-methyl/N-ethyl adjacent to an activating group) is 1. The molecule has 0 unspecified atom stereocenters. The first-order valence-corrected chi connectivity index (χ1v) is 4.55. The van der Waals surface area contributed by atoms with Gasteiger partial charge in [0.25, 0.3) is 0 Å². The number of rotatable bonds is 2. The van der Waals surface area contributed by atoms with Gasteiger partial charge < -0.3 is 4.90 Å². The second-order valence-corrected chi connectivity index (χ2v) is 3.97. The zero-order valence-corrected chi connectivity index (χ0v) is 7.93. The van der Waals surface area contributed by atoms with E-state index in [0.717, 1.165) is 12.5 Å². The normalized spacial score (nSPS) is 20.5. The standard InChI is InChI=1S/C10H19N/c1-9(2)8-10-4-6-11(3)7-5-10/h4,9H,5-8H2,1-3H3. The van der Waals surface area contributed by atoms with E-state index in [2.05, 4.69) is 31.9 Å². The summed E-state index contributed by atoms with van der Waals surface area (Å²) in [7, 11) is 2.18. The Balaban J connectivity index is 2.35. The highest BCUT2D eigenvalue weighted by molar-refractivity contribution is 5.07. The number of nitrogens with zero attached hydrogens (tertiary/aromatic N) is 1. The maximum absolute atomic E-state index is 2.39. The van der Waals surface area contributed by atoms with Crippen molar-refractivity contribution < 1.29 is 0 Å². The summed E-state index contributed by atoms with van der Waals surface area (Å²) in [5.41, 5.74) is 1.66. The maximum atomic E-state index is 2.39. The minimum Gasteiger partial charge on any atom is -0.302 e. The minimum atomic E-state index is 0.824. The Labute approximate surface area is 70.1 Å². The zero-order chi connectivity index (χ0) is 8.27. The van der Waals surface area contributed by atoms with E-state index in [9.17, 15) is 0 Å². The van der Waals surface area contributed by atoms with Crippen molar-refractivity contribution in [2.24, 2.45) is 5.92 Å². The van der Waals surface area contributed by atoms with Crippen LogP contribution in [0, 0.1) is 5.92 Å². The van der Waals surface area contributed by atoms with Crippen LogP contribution in [-0.2, 0) is 0 Å². The van der Waals surface area contributed by atoms with E-state index in [1.165, 1.54) is 19.4 Å². The Morgan fingerprint density at radius 1 is 1.55 bits per heavy atom. The lowest BCUT2D eigenvalue weighted by Crippen LogP contribution is -2.24. The molecule has 0 saturated carbocycles. The molecule has 0 N–H and O–H groups in total. The largest absolute Gasteiger partial charge is 0.302 e. The summed E-state index contributed by atoms with van der Waals surface area (Å²) in [6, 6.07) is 0. The summed E-state index contributed by atoms with van der Waals surface area (Å²) < 4.78 is 0. The molecule has 0 aromatic rings. The molecule has 0 aliphatic carbocycles. The van der Waals surface area contributed by atoms with Crippen molar-refractivity contribution in [1.29, 1.82) is 0 Å². The topological polar surface area (TPSA) is 3.24 Å². The molecule has 0 radical (unpaired) electrons. The fraction of sp³-hybridized carbons (Fsp3) is 0.800. The highest BCUT2D eigenvalue weighted by atomic mass is 15.1. The fourth-order valence-electron chi connectivity index (χ4n) is 1.52. The van der Waals surface area contributed by atoms with E-state index < -0.39 is 0 Å². The summed E-state index contributed by atoms with van der Waals surface area (Å²) >= 11 is 0. The van der Waals surface area contributed by atoms with E-state index >= 15 is 0 Å². The van der Waals surface area contributed by atoms with Crippen molar-refractivity contribution in [3.8, 4) is 0 Å². The molecule has 1 aliphatic rings. The Bertz CT molecular complexity index is 147. The van der Waals surface area contributed by atoms with Gasteiger partial charge in [-0.2, -0.15) is 0 Å². The van der Waals surface area contributed by atoms with E-state index in [1.54, 1.807) is 5.57 Å². The molecular weight excluding hydrogens is 134 g/mol. The lowest BCUT2D eigenvalue weighted by molar-refractivity contribution is 0.353. The van der Waals surface area contributed by atoms with Gasteiger partial charge in [0.05, 0.1) is 0 Å².